The van der Waals surface area contributed by atoms with E-state index in [1.807, 2.05) is 30.5 Å². The lowest BCUT2D eigenvalue weighted by atomic mass is 9.78. The smallest absolute Gasteiger partial charge is 0.407 e. The molecule has 2 aliphatic carbocycles. The highest BCUT2D eigenvalue weighted by Crippen LogP contribution is 2.44. The number of alkyl carbamates (subject to hydrolysis) is 1. The first-order valence-corrected chi connectivity index (χ1v) is 13.0. The van der Waals surface area contributed by atoms with Gasteiger partial charge in [-0.05, 0) is 59.4 Å². The molecule has 2 aromatic carbocycles. The van der Waals surface area contributed by atoms with E-state index in [0.717, 1.165) is 0 Å². The van der Waals surface area contributed by atoms with Crippen LogP contribution in [-0.2, 0) is 14.3 Å². The van der Waals surface area contributed by atoms with Gasteiger partial charge in [0.2, 0.25) is 5.91 Å². The Kier molecular flexibility index (Phi) is 7.77. The topological polar surface area (TPSA) is 105 Å². The molecule has 34 heavy (non-hydrogen) atoms. The zero-order chi connectivity index (χ0) is 24.1. The van der Waals surface area contributed by atoms with E-state index in [1.54, 1.807) is 11.8 Å². The summed E-state index contributed by atoms with van der Waals surface area (Å²) in [5, 5.41) is 14.7. The normalized spacial score (nSPS) is 19.3. The maximum atomic E-state index is 12.4. The first-order chi connectivity index (χ1) is 16.5. The van der Waals surface area contributed by atoms with Crippen molar-refractivity contribution in [2.24, 2.45) is 5.92 Å². The van der Waals surface area contributed by atoms with Crippen molar-refractivity contribution in [3.63, 3.8) is 0 Å². The number of thioether (sulfide) groups is 1. The van der Waals surface area contributed by atoms with E-state index in [1.165, 1.54) is 22.3 Å². The van der Waals surface area contributed by atoms with Crippen molar-refractivity contribution in [2.45, 2.75) is 43.7 Å². The van der Waals surface area contributed by atoms with Gasteiger partial charge in [-0.15, -0.1) is 0 Å². The fourth-order valence-electron chi connectivity index (χ4n) is 4.84. The Labute approximate surface area is 203 Å². The second-order valence-corrected chi connectivity index (χ2v) is 9.93. The number of carboxylic acid groups (broad SMARTS) is 1. The molecule has 4 rings (SSSR count). The van der Waals surface area contributed by atoms with Gasteiger partial charge in [0.05, 0.1) is 0 Å². The van der Waals surface area contributed by atoms with Gasteiger partial charge in [0.1, 0.15) is 12.6 Å². The maximum absolute atomic E-state index is 12.4. The largest absolute Gasteiger partial charge is 0.480 e. The number of fused-ring (bicyclic) bond motifs is 3. The van der Waals surface area contributed by atoms with Gasteiger partial charge in [-0.2, -0.15) is 11.8 Å². The second-order valence-electron chi connectivity index (χ2n) is 8.95. The Bertz CT molecular complexity index is 1010. The van der Waals surface area contributed by atoms with Crippen LogP contribution < -0.4 is 10.6 Å². The molecule has 8 heteroatoms. The average molecular weight is 483 g/mol. The number of carboxylic acids is 1. The van der Waals surface area contributed by atoms with Gasteiger partial charge in [-0.1, -0.05) is 48.5 Å². The molecule has 2 amide bonds. The van der Waals surface area contributed by atoms with Crippen LogP contribution in [0.15, 0.2) is 48.5 Å². The van der Waals surface area contributed by atoms with Crippen LogP contribution in [0.4, 0.5) is 4.79 Å². The molecule has 1 unspecified atom stereocenters. The van der Waals surface area contributed by atoms with Gasteiger partial charge in [-0.25, -0.2) is 9.59 Å². The standard InChI is InChI=1S/C26H30N2O5S/c1-34-11-10-23(25(30)31)28-24(29)14-16-12-17(13-16)27-26(32)33-15-22-20-8-4-2-6-18(20)19-7-3-5-9-21(19)22/h2-9,16-17,22-23H,10-15H2,1H3,(H,27,32)(H,28,29)(H,30,31). The molecule has 3 N–H and O–H groups in total. The first kappa shape index (κ1) is 24.1. The minimum absolute atomic E-state index is 0.0178. The van der Waals surface area contributed by atoms with E-state index in [-0.39, 0.29) is 36.8 Å². The number of rotatable bonds is 10. The highest BCUT2D eigenvalue weighted by atomic mass is 32.2. The van der Waals surface area contributed by atoms with Crippen LogP contribution >= 0.6 is 11.8 Å². The summed E-state index contributed by atoms with van der Waals surface area (Å²) in [6, 6.07) is 15.5. The van der Waals surface area contributed by atoms with Crippen molar-refractivity contribution in [1.29, 1.82) is 0 Å². The van der Waals surface area contributed by atoms with Crippen molar-refractivity contribution in [2.75, 3.05) is 18.6 Å². The van der Waals surface area contributed by atoms with E-state index in [0.29, 0.717) is 25.0 Å². The molecule has 1 saturated carbocycles. The minimum Gasteiger partial charge on any atom is -0.480 e. The van der Waals surface area contributed by atoms with E-state index >= 15 is 0 Å². The fourth-order valence-corrected chi connectivity index (χ4v) is 5.31. The predicted octanol–water partition coefficient (Wildman–Crippen LogP) is 4.02. The van der Waals surface area contributed by atoms with Gasteiger partial charge >= 0.3 is 12.1 Å². The number of aliphatic carboxylic acids is 1. The number of hydrogen-bond acceptors (Lipinski definition) is 5. The number of hydrogen-bond donors (Lipinski definition) is 3. The van der Waals surface area contributed by atoms with Crippen LogP contribution in [0.25, 0.3) is 11.1 Å². The monoisotopic (exact) mass is 482 g/mol. The third kappa shape index (κ3) is 5.55. The molecule has 0 aromatic heterocycles. The summed E-state index contributed by atoms with van der Waals surface area (Å²) in [7, 11) is 0. The van der Waals surface area contributed by atoms with Crippen molar-refractivity contribution < 1.29 is 24.2 Å². The van der Waals surface area contributed by atoms with Gasteiger partial charge in [0, 0.05) is 18.4 Å². The molecule has 1 fully saturated rings. The highest BCUT2D eigenvalue weighted by Gasteiger charge is 2.34. The number of amides is 2. The molecule has 7 nitrogen and oxygen atoms in total. The SMILES string of the molecule is CSCCC(NC(=O)CC1CC(NC(=O)OCC2c3ccccc3-c3ccccc32)C1)C(=O)O. The van der Waals surface area contributed by atoms with E-state index < -0.39 is 18.1 Å². The van der Waals surface area contributed by atoms with Crippen LogP contribution in [0.5, 0.6) is 0 Å². The Morgan fingerprint density at radius 2 is 1.68 bits per heavy atom. The van der Waals surface area contributed by atoms with Crippen LogP contribution in [0.1, 0.15) is 42.7 Å². The molecule has 1 atom stereocenters. The number of carbonyl (C=O) groups excluding carboxylic acids is 2. The number of benzene rings is 2. The van der Waals surface area contributed by atoms with Crippen molar-refractivity contribution in [3.8, 4) is 11.1 Å². The minimum atomic E-state index is -1.01. The highest BCUT2D eigenvalue weighted by molar-refractivity contribution is 7.98. The molecule has 2 aliphatic rings. The van der Waals surface area contributed by atoms with Crippen LogP contribution in [0.3, 0.4) is 0 Å². The Morgan fingerprint density at radius 1 is 1.06 bits per heavy atom. The Morgan fingerprint density at radius 3 is 2.26 bits per heavy atom. The van der Waals surface area contributed by atoms with E-state index in [2.05, 4.69) is 34.9 Å². The Balaban J connectivity index is 1.20. The third-order valence-electron chi connectivity index (χ3n) is 6.62. The predicted molar refractivity (Wildman–Crippen MR) is 132 cm³/mol. The summed E-state index contributed by atoms with van der Waals surface area (Å²) in [5.41, 5.74) is 4.71. The molecule has 0 saturated heterocycles. The lowest BCUT2D eigenvalue weighted by Gasteiger charge is -2.35. The lowest BCUT2D eigenvalue weighted by molar-refractivity contribution is -0.142. The lowest BCUT2D eigenvalue weighted by Crippen LogP contribution is -2.47. The van der Waals surface area contributed by atoms with Gasteiger partial charge in [0.15, 0.2) is 0 Å². The zero-order valence-electron chi connectivity index (χ0n) is 19.2. The summed E-state index contributed by atoms with van der Waals surface area (Å²) in [4.78, 5) is 35.9. The van der Waals surface area contributed by atoms with Gasteiger partial charge < -0.3 is 20.5 Å². The summed E-state index contributed by atoms with van der Waals surface area (Å²) in [6.45, 7) is 0.269. The molecule has 0 bridgehead atoms. The molecule has 2 aromatic rings. The fraction of sp³-hybridized carbons (Fsp3) is 0.423. The zero-order valence-corrected chi connectivity index (χ0v) is 20.0. The summed E-state index contributed by atoms with van der Waals surface area (Å²) in [6.07, 6.45) is 3.49. The van der Waals surface area contributed by atoms with Crippen LogP contribution in [0.2, 0.25) is 0 Å². The number of ether oxygens (including phenoxy) is 1. The van der Waals surface area contributed by atoms with Crippen molar-refractivity contribution >= 4 is 29.7 Å². The van der Waals surface area contributed by atoms with E-state index in [9.17, 15) is 19.5 Å². The molecular formula is C26H30N2O5S. The first-order valence-electron chi connectivity index (χ1n) is 11.6. The molecule has 0 aliphatic heterocycles. The Hall–Kier alpha value is -3.00. The molecule has 180 valence electrons. The summed E-state index contributed by atoms with van der Waals surface area (Å²) >= 11 is 1.55. The van der Waals surface area contributed by atoms with Gasteiger partial charge in [-0.3, -0.25) is 4.79 Å². The number of nitrogens with one attached hydrogen (secondary N) is 2. The molecular weight excluding hydrogens is 452 g/mol. The molecule has 0 spiro atoms. The van der Waals surface area contributed by atoms with Crippen molar-refractivity contribution in [1.82, 2.24) is 10.6 Å². The quantitative estimate of drug-likeness (QED) is 0.473. The average Bonchev–Trinajstić information content (AvgIpc) is 3.12. The van der Waals surface area contributed by atoms with Crippen LogP contribution in [0, 0.1) is 5.92 Å². The summed E-state index contributed by atoms with van der Waals surface area (Å²) in [5.74, 6) is -0.436. The van der Waals surface area contributed by atoms with E-state index in [4.69, 9.17) is 4.74 Å². The number of carbonyl (C=O) groups is 3. The van der Waals surface area contributed by atoms with Gasteiger partial charge in [0.25, 0.3) is 0 Å². The maximum Gasteiger partial charge on any atom is 0.407 e. The third-order valence-corrected chi connectivity index (χ3v) is 7.26. The molecule has 0 radical (unpaired) electrons. The van der Waals surface area contributed by atoms with Crippen molar-refractivity contribution in [3.05, 3.63) is 59.7 Å². The second kappa shape index (κ2) is 11.0. The van der Waals surface area contributed by atoms with Crippen LogP contribution in [-0.4, -0.2) is 53.8 Å². The molecule has 0 heterocycles. The summed E-state index contributed by atoms with van der Waals surface area (Å²) < 4.78 is 5.58.